The lowest BCUT2D eigenvalue weighted by Crippen LogP contribution is -2.48. The number of fused-ring (bicyclic) bond motifs is 2. The standard InChI is InChI=1S/C23H26N4O3/c1-4-26-22(29)18-12-10-16(13-19(18)24-23(26)30)21(28)27-17(14-25(2)3)11-9-15-7-5-6-8-20(15)27/h5-8,10,12-13,17H,4,9,11,14H2,1-3H3,(H,24,30)/t17-/m0/s1. The molecule has 0 bridgehead atoms. The summed E-state index contributed by atoms with van der Waals surface area (Å²) in [6.07, 6.45) is 1.81. The van der Waals surface area contributed by atoms with Crippen molar-refractivity contribution in [3.05, 3.63) is 74.4 Å². The van der Waals surface area contributed by atoms with Gasteiger partial charge in [0.05, 0.1) is 16.9 Å². The van der Waals surface area contributed by atoms with Crippen LogP contribution in [0.25, 0.3) is 10.9 Å². The number of amides is 1. The summed E-state index contributed by atoms with van der Waals surface area (Å²) in [6, 6.07) is 13.0. The van der Waals surface area contributed by atoms with Crippen molar-refractivity contribution in [2.75, 3.05) is 25.5 Å². The first-order valence-corrected chi connectivity index (χ1v) is 10.2. The third kappa shape index (κ3) is 3.45. The molecule has 0 saturated heterocycles. The quantitative estimate of drug-likeness (QED) is 0.721. The van der Waals surface area contributed by atoms with Crippen molar-refractivity contribution in [1.29, 1.82) is 0 Å². The molecule has 30 heavy (non-hydrogen) atoms. The minimum Gasteiger partial charge on any atom is -0.307 e. The van der Waals surface area contributed by atoms with E-state index in [9.17, 15) is 14.4 Å². The van der Waals surface area contributed by atoms with Crippen LogP contribution in [-0.2, 0) is 13.0 Å². The second-order valence-electron chi connectivity index (χ2n) is 8.00. The van der Waals surface area contributed by atoms with Crippen molar-refractivity contribution in [3.8, 4) is 0 Å². The summed E-state index contributed by atoms with van der Waals surface area (Å²) in [4.78, 5) is 45.1. The van der Waals surface area contributed by atoms with Crippen molar-refractivity contribution >= 4 is 22.5 Å². The fourth-order valence-corrected chi connectivity index (χ4v) is 4.29. The van der Waals surface area contributed by atoms with Gasteiger partial charge in [0.1, 0.15) is 0 Å². The third-order valence-electron chi connectivity index (χ3n) is 5.70. The molecule has 0 fully saturated rings. The molecular weight excluding hydrogens is 380 g/mol. The number of nitrogens with one attached hydrogen (secondary N) is 1. The van der Waals surface area contributed by atoms with Gasteiger partial charge in [-0.25, -0.2) is 4.79 Å². The van der Waals surface area contributed by atoms with Gasteiger partial charge in [0.2, 0.25) is 0 Å². The van der Waals surface area contributed by atoms with Crippen LogP contribution in [0.2, 0.25) is 0 Å². The monoisotopic (exact) mass is 406 g/mol. The summed E-state index contributed by atoms with van der Waals surface area (Å²) < 4.78 is 1.15. The van der Waals surface area contributed by atoms with Crippen LogP contribution in [0.1, 0.15) is 29.3 Å². The van der Waals surface area contributed by atoms with E-state index in [4.69, 9.17) is 0 Å². The average molecular weight is 406 g/mol. The molecule has 0 saturated carbocycles. The van der Waals surface area contributed by atoms with Gasteiger partial charge in [-0.3, -0.25) is 14.2 Å². The topological polar surface area (TPSA) is 78.4 Å². The van der Waals surface area contributed by atoms with Crippen LogP contribution in [0, 0.1) is 0 Å². The Balaban J connectivity index is 1.81. The van der Waals surface area contributed by atoms with Crippen LogP contribution < -0.4 is 16.1 Å². The second-order valence-corrected chi connectivity index (χ2v) is 8.00. The summed E-state index contributed by atoms with van der Waals surface area (Å²) in [7, 11) is 4.01. The van der Waals surface area contributed by atoms with E-state index in [0.717, 1.165) is 35.2 Å². The van der Waals surface area contributed by atoms with E-state index in [0.29, 0.717) is 23.0 Å². The molecule has 0 spiro atoms. The molecule has 3 aromatic rings. The molecule has 2 aromatic carbocycles. The number of hydrogen-bond acceptors (Lipinski definition) is 4. The molecule has 156 valence electrons. The molecule has 7 nitrogen and oxygen atoms in total. The maximum Gasteiger partial charge on any atom is 0.328 e. The van der Waals surface area contributed by atoms with Crippen molar-refractivity contribution in [2.24, 2.45) is 0 Å². The van der Waals surface area contributed by atoms with Crippen LogP contribution in [0.4, 0.5) is 5.69 Å². The number of likely N-dealkylation sites (N-methyl/N-ethyl adjacent to an activating group) is 1. The van der Waals surface area contributed by atoms with Gasteiger partial charge in [-0.2, -0.15) is 0 Å². The fraction of sp³-hybridized carbons (Fsp3) is 0.348. The number of aromatic nitrogens is 2. The van der Waals surface area contributed by atoms with E-state index in [2.05, 4.69) is 16.0 Å². The molecule has 1 aliphatic rings. The number of anilines is 1. The van der Waals surface area contributed by atoms with Crippen LogP contribution in [-0.4, -0.2) is 47.0 Å². The minimum atomic E-state index is -0.464. The molecule has 1 N–H and O–H groups in total. The minimum absolute atomic E-state index is 0.0465. The molecule has 1 aromatic heterocycles. The van der Waals surface area contributed by atoms with Gasteiger partial charge in [0.15, 0.2) is 0 Å². The van der Waals surface area contributed by atoms with E-state index in [1.807, 2.05) is 37.2 Å². The van der Waals surface area contributed by atoms with Crippen LogP contribution in [0.15, 0.2) is 52.1 Å². The lowest BCUT2D eigenvalue weighted by atomic mass is 9.94. The van der Waals surface area contributed by atoms with Gasteiger partial charge in [-0.05, 0) is 63.7 Å². The predicted octanol–water partition coefficient (Wildman–Crippen LogP) is 2.23. The number of H-pyrrole nitrogens is 1. The Morgan fingerprint density at radius 1 is 1.17 bits per heavy atom. The Morgan fingerprint density at radius 2 is 1.93 bits per heavy atom. The SMILES string of the molecule is CCn1c(=O)[nH]c2cc(C(=O)N3c4ccccc4CC[C@H]3CN(C)C)ccc2c1=O. The van der Waals surface area contributed by atoms with Crippen molar-refractivity contribution in [3.63, 3.8) is 0 Å². The van der Waals surface area contributed by atoms with Crippen molar-refractivity contribution < 1.29 is 4.79 Å². The van der Waals surface area contributed by atoms with Crippen molar-refractivity contribution in [2.45, 2.75) is 32.4 Å². The normalized spacial score (nSPS) is 16.1. The van der Waals surface area contributed by atoms with E-state index in [1.54, 1.807) is 25.1 Å². The fourth-order valence-electron chi connectivity index (χ4n) is 4.29. The van der Waals surface area contributed by atoms with E-state index in [1.165, 1.54) is 0 Å². The summed E-state index contributed by atoms with van der Waals surface area (Å²) in [6.45, 7) is 2.80. The number of rotatable bonds is 4. The number of carbonyl (C=O) groups is 1. The van der Waals surface area contributed by atoms with Gasteiger partial charge in [-0.1, -0.05) is 18.2 Å². The number of nitrogens with zero attached hydrogens (tertiary/aromatic N) is 3. The summed E-state index contributed by atoms with van der Waals surface area (Å²) in [5, 5.41) is 0.400. The molecule has 1 amide bonds. The lowest BCUT2D eigenvalue weighted by Gasteiger charge is -2.38. The molecule has 0 aliphatic carbocycles. The van der Waals surface area contributed by atoms with Gasteiger partial charge < -0.3 is 14.8 Å². The number of carbonyl (C=O) groups excluding carboxylic acids is 1. The predicted molar refractivity (Wildman–Crippen MR) is 118 cm³/mol. The molecule has 1 aliphatic heterocycles. The van der Waals surface area contributed by atoms with Gasteiger partial charge >= 0.3 is 5.69 Å². The maximum absolute atomic E-state index is 13.6. The Kier molecular flexibility index (Phi) is 5.30. The Labute approximate surface area is 174 Å². The first-order valence-electron chi connectivity index (χ1n) is 10.2. The van der Waals surface area contributed by atoms with Crippen molar-refractivity contribution in [1.82, 2.24) is 14.5 Å². The van der Waals surface area contributed by atoms with Gasteiger partial charge in [-0.15, -0.1) is 0 Å². The molecule has 0 unspecified atom stereocenters. The Morgan fingerprint density at radius 3 is 2.67 bits per heavy atom. The highest BCUT2D eigenvalue weighted by Crippen LogP contribution is 2.32. The molecule has 1 atom stereocenters. The van der Waals surface area contributed by atoms with E-state index in [-0.39, 0.29) is 17.5 Å². The lowest BCUT2D eigenvalue weighted by molar-refractivity contribution is 0.0968. The van der Waals surface area contributed by atoms with E-state index < -0.39 is 5.69 Å². The zero-order valence-corrected chi connectivity index (χ0v) is 17.5. The molecule has 7 heteroatoms. The number of benzene rings is 2. The van der Waals surface area contributed by atoms with Gasteiger partial charge in [0.25, 0.3) is 11.5 Å². The van der Waals surface area contributed by atoms with Crippen LogP contribution in [0.3, 0.4) is 0 Å². The average Bonchev–Trinajstić information content (AvgIpc) is 2.72. The summed E-state index contributed by atoms with van der Waals surface area (Å²) >= 11 is 0. The zero-order valence-electron chi connectivity index (χ0n) is 17.5. The van der Waals surface area contributed by atoms with E-state index >= 15 is 0 Å². The number of aromatic amines is 1. The third-order valence-corrected chi connectivity index (χ3v) is 5.70. The van der Waals surface area contributed by atoms with Gasteiger partial charge in [0, 0.05) is 24.3 Å². The molecule has 0 radical (unpaired) electrons. The number of hydrogen-bond donors (Lipinski definition) is 1. The second kappa shape index (κ2) is 7.91. The smallest absolute Gasteiger partial charge is 0.307 e. The highest BCUT2D eigenvalue weighted by atomic mass is 16.2. The first kappa shape index (κ1) is 20.1. The molecule has 2 heterocycles. The van der Waals surface area contributed by atoms with Crippen LogP contribution in [0.5, 0.6) is 0 Å². The molecule has 4 rings (SSSR count). The largest absolute Gasteiger partial charge is 0.328 e. The Bertz CT molecular complexity index is 1230. The number of aryl methyl sites for hydroxylation is 1. The first-order chi connectivity index (χ1) is 14.4. The summed E-state index contributed by atoms with van der Waals surface area (Å²) in [5.74, 6) is -0.128. The zero-order chi connectivity index (χ0) is 21.4. The van der Waals surface area contributed by atoms with Crippen LogP contribution >= 0.6 is 0 Å². The maximum atomic E-state index is 13.6. The number of para-hydroxylation sites is 1. The highest BCUT2D eigenvalue weighted by molar-refractivity contribution is 6.08. The highest BCUT2D eigenvalue weighted by Gasteiger charge is 2.32. The Hall–Kier alpha value is -3.19. The molecular formula is C23H26N4O3. The summed E-state index contributed by atoms with van der Waals surface area (Å²) in [5.41, 5.74) is 2.11.